The molecule has 5 atom stereocenters. The zero-order chi connectivity index (χ0) is 15.7. The van der Waals surface area contributed by atoms with Crippen molar-refractivity contribution >= 4 is 0 Å². The van der Waals surface area contributed by atoms with Crippen LogP contribution in [0.2, 0.25) is 0 Å². The number of benzene rings is 1. The van der Waals surface area contributed by atoms with Gasteiger partial charge in [-0.2, -0.15) is 0 Å². The minimum Gasteiger partial charge on any atom is -0.391 e. The van der Waals surface area contributed by atoms with Gasteiger partial charge in [-0.15, -0.1) is 0 Å². The van der Waals surface area contributed by atoms with Gasteiger partial charge in [-0.05, 0) is 12.6 Å². The lowest BCUT2D eigenvalue weighted by atomic mass is 9.85. The number of ether oxygens (including phenoxy) is 1. The average molecular weight is 299 g/mol. The van der Waals surface area contributed by atoms with Crippen molar-refractivity contribution in [3.63, 3.8) is 0 Å². The topological polar surface area (TPSA) is 122 Å². The monoisotopic (exact) mass is 299 g/mol. The van der Waals surface area contributed by atoms with E-state index in [1.165, 1.54) is 7.05 Å². The molecule has 21 heavy (non-hydrogen) atoms. The maximum atomic E-state index is 10.3. The first-order valence-corrected chi connectivity index (χ1v) is 6.69. The fourth-order valence-electron chi connectivity index (χ4n) is 2.60. The second-order valence-corrected chi connectivity index (χ2v) is 5.29. The zero-order valence-electron chi connectivity index (χ0n) is 11.7. The van der Waals surface area contributed by atoms with E-state index in [9.17, 15) is 25.5 Å². The van der Waals surface area contributed by atoms with Gasteiger partial charge in [0.05, 0.1) is 6.61 Å². The molecular formula is C14H21NO6. The van der Waals surface area contributed by atoms with Gasteiger partial charge < -0.3 is 30.3 Å². The Kier molecular flexibility index (Phi) is 4.64. The van der Waals surface area contributed by atoms with E-state index in [0.29, 0.717) is 0 Å². The van der Waals surface area contributed by atoms with Gasteiger partial charge in [0.2, 0.25) is 5.79 Å². The second-order valence-electron chi connectivity index (χ2n) is 5.29. The Labute approximate surface area is 122 Å². The summed E-state index contributed by atoms with van der Waals surface area (Å²) in [4.78, 5) is 0. The van der Waals surface area contributed by atoms with Crippen molar-refractivity contribution < 1.29 is 30.3 Å². The fraction of sp³-hybridized carbons (Fsp3) is 0.571. The molecule has 1 aliphatic rings. The summed E-state index contributed by atoms with van der Waals surface area (Å²) in [5.74, 6) is -2.36. The molecule has 6 N–H and O–H groups in total. The van der Waals surface area contributed by atoms with E-state index in [0.717, 1.165) is 5.56 Å². The summed E-state index contributed by atoms with van der Waals surface area (Å²) < 4.78 is 5.39. The number of nitrogens with one attached hydrogen (secondary N) is 1. The number of aliphatic hydroxyl groups is 5. The number of hydrogen-bond acceptors (Lipinski definition) is 7. The normalized spacial score (nSPS) is 40.2. The van der Waals surface area contributed by atoms with Gasteiger partial charge in [0, 0.05) is 6.42 Å². The third-order valence-electron chi connectivity index (χ3n) is 3.91. The lowest BCUT2D eigenvalue weighted by molar-refractivity contribution is -0.390. The van der Waals surface area contributed by atoms with Crippen molar-refractivity contribution in [3.05, 3.63) is 35.9 Å². The number of hydrogen-bond donors (Lipinski definition) is 6. The molecule has 0 bridgehead atoms. The average Bonchev–Trinajstić information content (AvgIpc) is 2.51. The molecule has 0 radical (unpaired) electrons. The molecule has 1 fully saturated rings. The van der Waals surface area contributed by atoms with Crippen LogP contribution in [0, 0.1) is 0 Å². The highest BCUT2D eigenvalue weighted by Crippen LogP contribution is 2.35. The van der Waals surface area contributed by atoms with Crippen molar-refractivity contribution in [1.29, 1.82) is 0 Å². The smallest absolute Gasteiger partial charge is 0.220 e. The zero-order valence-corrected chi connectivity index (χ0v) is 11.7. The number of rotatable bonds is 4. The predicted octanol–water partition coefficient (Wildman–Crippen LogP) is -2.06. The third kappa shape index (κ3) is 2.82. The number of aliphatic hydroxyl groups excluding tert-OH is 4. The SMILES string of the molecule is CNC1(Cc2ccccc2)O[C@@](O)(CO)[C@@H](O)[C@H](O)[C@@H]1O. The summed E-state index contributed by atoms with van der Waals surface area (Å²) in [6.07, 6.45) is -4.87. The van der Waals surface area contributed by atoms with Crippen molar-refractivity contribution in [3.8, 4) is 0 Å². The van der Waals surface area contributed by atoms with E-state index in [1.807, 2.05) is 6.07 Å². The predicted molar refractivity (Wildman–Crippen MR) is 73.1 cm³/mol. The summed E-state index contributed by atoms with van der Waals surface area (Å²) in [5.41, 5.74) is -0.757. The van der Waals surface area contributed by atoms with Crippen LogP contribution in [0.3, 0.4) is 0 Å². The standard InChI is InChI=1S/C14H21NO6/c1-15-13(7-9-5-3-2-4-6-9)11(18)10(17)12(19)14(20,8-16)21-13/h2-6,10-12,15-20H,7-8H2,1H3/t10-,11+,12+,13?,14+/m1/s1. The molecule has 7 nitrogen and oxygen atoms in total. The minimum atomic E-state index is -2.36. The van der Waals surface area contributed by atoms with Gasteiger partial charge in [-0.25, -0.2) is 0 Å². The Balaban J connectivity index is 2.36. The van der Waals surface area contributed by atoms with Crippen molar-refractivity contribution in [2.45, 2.75) is 36.2 Å². The van der Waals surface area contributed by atoms with E-state index in [4.69, 9.17) is 4.74 Å². The summed E-state index contributed by atoms with van der Waals surface area (Å²) >= 11 is 0. The van der Waals surface area contributed by atoms with Crippen molar-refractivity contribution in [2.75, 3.05) is 13.7 Å². The molecule has 0 spiro atoms. The summed E-state index contributed by atoms with van der Waals surface area (Å²) in [6.45, 7) is -0.920. The molecule has 1 aromatic rings. The van der Waals surface area contributed by atoms with E-state index in [-0.39, 0.29) is 6.42 Å². The molecule has 1 saturated heterocycles. The molecule has 0 saturated carbocycles. The highest BCUT2D eigenvalue weighted by atomic mass is 16.7. The van der Waals surface area contributed by atoms with Crippen LogP contribution < -0.4 is 5.32 Å². The van der Waals surface area contributed by atoms with Crippen LogP contribution in [0.5, 0.6) is 0 Å². The molecule has 7 heteroatoms. The maximum Gasteiger partial charge on any atom is 0.220 e. The van der Waals surface area contributed by atoms with Crippen LogP contribution >= 0.6 is 0 Å². The van der Waals surface area contributed by atoms with Crippen LogP contribution in [0.25, 0.3) is 0 Å². The lowest BCUT2D eigenvalue weighted by Crippen LogP contribution is -2.75. The van der Waals surface area contributed by atoms with Crippen molar-refractivity contribution in [1.82, 2.24) is 5.32 Å². The molecule has 0 amide bonds. The van der Waals surface area contributed by atoms with Crippen LogP contribution in [-0.4, -0.2) is 69.0 Å². The first kappa shape index (κ1) is 16.3. The van der Waals surface area contributed by atoms with E-state index in [1.54, 1.807) is 24.3 Å². The Bertz CT molecular complexity index is 472. The Morgan fingerprint density at radius 3 is 2.29 bits per heavy atom. The highest BCUT2D eigenvalue weighted by molar-refractivity contribution is 5.19. The molecule has 0 aromatic heterocycles. The first-order valence-electron chi connectivity index (χ1n) is 6.69. The minimum absolute atomic E-state index is 0.123. The lowest BCUT2D eigenvalue weighted by Gasteiger charge is -2.52. The van der Waals surface area contributed by atoms with E-state index >= 15 is 0 Å². The fourth-order valence-corrected chi connectivity index (χ4v) is 2.60. The summed E-state index contributed by atoms with van der Waals surface area (Å²) in [7, 11) is 1.49. The molecule has 0 aliphatic carbocycles. The largest absolute Gasteiger partial charge is 0.391 e. The Morgan fingerprint density at radius 1 is 1.14 bits per heavy atom. The Morgan fingerprint density at radius 2 is 1.76 bits per heavy atom. The van der Waals surface area contributed by atoms with Crippen LogP contribution in [0.1, 0.15) is 5.56 Å². The molecule has 1 heterocycles. The second kappa shape index (κ2) is 5.98. The van der Waals surface area contributed by atoms with Gasteiger partial charge in [0.15, 0.2) is 5.72 Å². The van der Waals surface area contributed by atoms with Crippen LogP contribution in [0.15, 0.2) is 30.3 Å². The molecule has 1 unspecified atom stereocenters. The van der Waals surface area contributed by atoms with E-state index in [2.05, 4.69) is 5.32 Å². The third-order valence-corrected chi connectivity index (χ3v) is 3.91. The summed E-state index contributed by atoms with van der Waals surface area (Å²) in [6, 6.07) is 9.03. The van der Waals surface area contributed by atoms with Gasteiger partial charge in [-0.3, -0.25) is 5.32 Å². The van der Waals surface area contributed by atoms with E-state index < -0.39 is 36.4 Å². The first-order chi connectivity index (χ1) is 9.88. The van der Waals surface area contributed by atoms with Gasteiger partial charge >= 0.3 is 0 Å². The van der Waals surface area contributed by atoms with Gasteiger partial charge in [-0.1, -0.05) is 30.3 Å². The van der Waals surface area contributed by atoms with Crippen LogP contribution in [0.4, 0.5) is 0 Å². The summed E-state index contributed by atoms with van der Waals surface area (Å²) in [5, 5.41) is 52.2. The molecule has 1 aromatic carbocycles. The molecule has 118 valence electrons. The van der Waals surface area contributed by atoms with Crippen LogP contribution in [-0.2, 0) is 11.2 Å². The number of likely N-dealkylation sites (N-methyl/N-ethyl adjacent to an activating group) is 1. The molecule has 2 rings (SSSR count). The Hall–Kier alpha value is -1.06. The van der Waals surface area contributed by atoms with Gasteiger partial charge in [0.1, 0.15) is 18.3 Å². The molecular weight excluding hydrogens is 278 g/mol. The van der Waals surface area contributed by atoms with Gasteiger partial charge in [0.25, 0.3) is 0 Å². The maximum absolute atomic E-state index is 10.3. The quantitative estimate of drug-likeness (QED) is 0.378. The van der Waals surface area contributed by atoms with Crippen molar-refractivity contribution in [2.24, 2.45) is 0 Å². The highest BCUT2D eigenvalue weighted by Gasteiger charge is 2.59. The molecule has 1 aliphatic heterocycles.